The van der Waals surface area contributed by atoms with Crippen molar-refractivity contribution in [3.8, 4) is 0 Å². The molecule has 1 aliphatic heterocycles. The average molecular weight is 204 g/mol. The van der Waals surface area contributed by atoms with Gasteiger partial charge in [0.25, 0.3) is 0 Å². The van der Waals surface area contributed by atoms with Gasteiger partial charge in [-0.15, -0.1) is 0 Å². The number of hydrogen-bond acceptors (Lipinski definition) is 2. The van der Waals surface area contributed by atoms with Crippen molar-refractivity contribution in [2.24, 2.45) is 0 Å². The van der Waals surface area contributed by atoms with Crippen molar-refractivity contribution in [2.75, 3.05) is 12.3 Å². The minimum absolute atomic E-state index is 0.722. The Kier molecular flexibility index (Phi) is 3.27. The van der Waals surface area contributed by atoms with E-state index >= 15 is 0 Å². The molecule has 1 heterocycles. The molecule has 2 nitrogen and oxygen atoms in total. The maximum Gasteiger partial charge on any atom is 0.0317 e. The van der Waals surface area contributed by atoms with Gasteiger partial charge < -0.3 is 5.73 Å². The van der Waals surface area contributed by atoms with Crippen molar-refractivity contribution in [1.29, 1.82) is 0 Å². The molecule has 1 atom stereocenters. The molecule has 0 radical (unpaired) electrons. The maximum atomic E-state index is 5.78. The Morgan fingerprint density at radius 1 is 1.40 bits per heavy atom. The van der Waals surface area contributed by atoms with Crippen molar-refractivity contribution >= 4 is 5.69 Å². The Morgan fingerprint density at radius 3 is 3.00 bits per heavy atom. The first kappa shape index (κ1) is 10.5. The normalized spacial score (nSPS) is 22.9. The highest BCUT2D eigenvalue weighted by molar-refractivity contribution is 5.40. The molecule has 82 valence electrons. The summed E-state index contributed by atoms with van der Waals surface area (Å²) in [5.74, 6) is 0. The molecule has 2 N–H and O–H groups in total. The summed E-state index contributed by atoms with van der Waals surface area (Å²) >= 11 is 0. The van der Waals surface area contributed by atoms with Crippen LogP contribution in [0.15, 0.2) is 24.3 Å². The second kappa shape index (κ2) is 4.67. The van der Waals surface area contributed by atoms with Gasteiger partial charge in [-0.2, -0.15) is 0 Å². The van der Waals surface area contributed by atoms with E-state index in [4.69, 9.17) is 5.73 Å². The molecule has 0 spiro atoms. The third-order valence-electron chi connectivity index (χ3n) is 3.28. The molecule has 0 saturated carbocycles. The predicted molar refractivity (Wildman–Crippen MR) is 64.6 cm³/mol. The van der Waals surface area contributed by atoms with Crippen LogP contribution in [0.25, 0.3) is 0 Å². The Bertz CT molecular complexity index is 322. The van der Waals surface area contributed by atoms with Gasteiger partial charge in [0.1, 0.15) is 0 Å². The zero-order valence-corrected chi connectivity index (χ0v) is 9.45. The lowest BCUT2D eigenvalue weighted by atomic mass is 10.0. The van der Waals surface area contributed by atoms with E-state index in [-0.39, 0.29) is 0 Å². The van der Waals surface area contributed by atoms with Crippen LogP contribution in [0.4, 0.5) is 5.69 Å². The zero-order valence-electron chi connectivity index (χ0n) is 9.45. The van der Waals surface area contributed by atoms with E-state index in [1.807, 2.05) is 12.1 Å². The van der Waals surface area contributed by atoms with E-state index in [1.54, 1.807) is 0 Å². The van der Waals surface area contributed by atoms with Gasteiger partial charge in [-0.25, -0.2) is 0 Å². The molecule has 1 saturated heterocycles. The van der Waals surface area contributed by atoms with Gasteiger partial charge in [0.2, 0.25) is 0 Å². The van der Waals surface area contributed by atoms with Gasteiger partial charge in [-0.1, -0.05) is 18.6 Å². The van der Waals surface area contributed by atoms with Gasteiger partial charge in [-0.3, -0.25) is 4.90 Å². The van der Waals surface area contributed by atoms with Crippen LogP contribution in [-0.4, -0.2) is 17.5 Å². The molecular weight excluding hydrogens is 184 g/mol. The molecule has 2 heteroatoms. The number of hydrogen-bond donors (Lipinski definition) is 1. The monoisotopic (exact) mass is 204 g/mol. The number of nitrogens with two attached hydrogens (primary N) is 1. The van der Waals surface area contributed by atoms with E-state index in [2.05, 4.69) is 24.0 Å². The Hall–Kier alpha value is -1.02. The molecule has 0 bridgehead atoms. The number of anilines is 1. The van der Waals surface area contributed by atoms with Gasteiger partial charge >= 0.3 is 0 Å². The first-order chi connectivity index (χ1) is 7.25. The molecule has 0 aromatic heterocycles. The third kappa shape index (κ3) is 2.72. The maximum absolute atomic E-state index is 5.78. The summed E-state index contributed by atoms with van der Waals surface area (Å²) in [4.78, 5) is 2.55. The van der Waals surface area contributed by atoms with Crippen molar-refractivity contribution in [1.82, 2.24) is 4.90 Å². The van der Waals surface area contributed by atoms with E-state index in [9.17, 15) is 0 Å². The lowest BCUT2D eigenvalue weighted by Gasteiger charge is -2.33. The van der Waals surface area contributed by atoms with Crippen molar-refractivity contribution in [3.05, 3.63) is 29.8 Å². The standard InChI is InChI=1S/C13H20N2/c1-11-5-2-3-8-15(11)10-12-6-4-7-13(14)9-12/h4,6-7,9,11H,2-3,5,8,10,14H2,1H3/t11-/m1/s1. The number of nitrogen functional groups attached to an aromatic ring is 1. The predicted octanol–water partition coefficient (Wildman–Crippen LogP) is 2.64. The van der Waals surface area contributed by atoms with Crippen molar-refractivity contribution in [2.45, 2.75) is 38.8 Å². The molecule has 0 amide bonds. The fraction of sp³-hybridized carbons (Fsp3) is 0.538. The first-order valence-corrected chi connectivity index (χ1v) is 5.84. The summed E-state index contributed by atoms with van der Waals surface area (Å²) in [5.41, 5.74) is 7.99. The van der Waals surface area contributed by atoms with Gasteiger partial charge in [0.15, 0.2) is 0 Å². The van der Waals surface area contributed by atoms with Crippen LogP contribution in [0.1, 0.15) is 31.7 Å². The van der Waals surface area contributed by atoms with Crippen LogP contribution in [0.3, 0.4) is 0 Å². The van der Waals surface area contributed by atoms with Crippen LogP contribution in [0, 0.1) is 0 Å². The molecule has 1 aromatic rings. The highest BCUT2D eigenvalue weighted by Gasteiger charge is 2.17. The molecule has 1 aromatic carbocycles. The summed E-state index contributed by atoms with van der Waals surface area (Å²) < 4.78 is 0. The highest BCUT2D eigenvalue weighted by atomic mass is 15.2. The fourth-order valence-electron chi connectivity index (χ4n) is 2.32. The van der Waals surface area contributed by atoms with E-state index in [0.717, 1.165) is 18.3 Å². The Morgan fingerprint density at radius 2 is 2.27 bits per heavy atom. The van der Waals surface area contributed by atoms with Gasteiger partial charge in [0, 0.05) is 18.3 Å². The van der Waals surface area contributed by atoms with E-state index in [1.165, 1.54) is 31.4 Å². The summed E-state index contributed by atoms with van der Waals surface area (Å²) in [6.45, 7) is 4.60. The number of likely N-dealkylation sites (tertiary alicyclic amines) is 1. The minimum Gasteiger partial charge on any atom is -0.399 e. The second-order valence-corrected chi connectivity index (χ2v) is 4.56. The Labute approximate surface area is 92.1 Å². The summed E-state index contributed by atoms with van der Waals surface area (Å²) in [5, 5.41) is 0. The van der Waals surface area contributed by atoms with Crippen molar-refractivity contribution in [3.63, 3.8) is 0 Å². The highest BCUT2D eigenvalue weighted by Crippen LogP contribution is 2.19. The molecule has 1 fully saturated rings. The van der Waals surface area contributed by atoms with Crippen LogP contribution < -0.4 is 5.73 Å². The van der Waals surface area contributed by atoms with Crippen LogP contribution >= 0.6 is 0 Å². The van der Waals surface area contributed by atoms with Crippen LogP contribution in [-0.2, 0) is 6.54 Å². The average Bonchev–Trinajstić information content (AvgIpc) is 2.22. The Balaban J connectivity index is 2.01. The molecular formula is C13H20N2. The summed E-state index contributed by atoms with van der Waals surface area (Å²) in [6, 6.07) is 8.96. The zero-order chi connectivity index (χ0) is 10.7. The molecule has 0 unspecified atom stereocenters. The quantitative estimate of drug-likeness (QED) is 0.750. The van der Waals surface area contributed by atoms with E-state index in [0.29, 0.717) is 0 Å². The number of rotatable bonds is 2. The number of nitrogens with zero attached hydrogens (tertiary/aromatic N) is 1. The minimum atomic E-state index is 0.722. The third-order valence-corrected chi connectivity index (χ3v) is 3.28. The molecule has 1 aliphatic rings. The number of piperidine rings is 1. The summed E-state index contributed by atoms with van der Waals surface area (Å²) in [6.07, 6.45) is 4.06. The van der Waals surface area contributed by atoms with E-state index < -0.39 is 0 Å². The smallest absolute Gasteiger partial charge is 0.0317 e. The summed E-state index contributed by atoms with van der Waals surface area (Å²) in [7, 11) is 0. The number of benzene rings is 1. The lowest BCUT2D eigenvalue weighted by molar-refractivity contribution is 0.152. The van der Waals surface area contributed by atoms with Crippen LogP contribution in [0.5, 0.6) is 0 Å². The first-order valence-electron chi connectivity index (χ1n) is 5.84. The van der Waals surface area contributed by atoms with Gasteiger partial charge in [0.05, 0.1) is 0 Å². The van der Waals surface area contributed by atoms with Gasteiger partial charge in [-0.05, 0) is 44.0 Å². The SMILES string of the molecule is C[C@@H]1CCCCN1Cc1cccc(N)c1. The molecule has 0 aliphatic carbocycles. The second-order valence-electron chi connectivity index (χ2n) is 4.56. The largest absolute Gasteiger partial charge is 0.399 e. The topological polar surface area (TPSA) is 29.3 Å². The molecule has 15 heavy (non-hydrogen) atoms. The fourth-order valence-corrected chi connectivity index (χ4v) is 2.32. The van der Waals surface area contributed by atoms with Crippen LogP contribution in [0.2, 0.25) is 0 Å². The van der Waals surface area contributed by atoms with Crippen molar-refractivity contribution < 1.29 is 0 Å². The lowest BCUT2D eigenvalue weighted by Crippen LogP contribution is -2.36. The molecule has 2 rings (SSSR count).